The Kier molecular flexibility index (Phi) is 5.50. The quantitative estimate of drug-likeness (QED) is 0.583. The van der Waals surface area contributed by atoms with Gasteiger partial charge in [-0.2, -0.15) is 0 Å². The standard InChI is InChI=1S/C20H20ClNS/c1-15(13-22-14-17-11-12-20(21)23-17)18-9-5-6-10-19(18)16-7-3-2-4-8-16/h2-12,15,22H,13-14H2,1H3. The van der Waals surface area contributed by atoms with Gasteiger partial charge in [-0.1, -0.05) is 73.1 Å². The van der Waals surface area contributed by atoms with Gasteiger partial charge in [-0.3, -0.25) is 0 Å². The van der Waals surface area contributed by atoms with Gasteiger partial charge in [0, 0.05) is 18.0 Å². The van der Waals surface area contributed by atoms with Crippen molar-refractivity contribution >= 4 is 22.9 Å². The SMILES string of the molecule is CC(CNCc1ccc(Cl)s1)c1ccccc1-c1ccccc1. The smallest absolute Gasteiger partial charge is 0.0931 e. The summed E-state index contributed by atoms with van der Waals surface area (Å²) < 4.78 is 0.851. The van der Waals surface area contributed by atoms with E-state index in [4.69, 9.17) is 11.6 Å². The molecule has 0 spiro atoms. The van der Waals surface area contributed by atoms with E-state index in [1.807, 2.05) is 6.07 Å². The normalized spacial score (nSPS) is 12.3. The highest BCUT2D eigenvalue weighted by Crippen LogP contribution is 2.29. The minimum absolute atomic E-state index is 0.446. The molecule has 0 fully saturated rings. The van der Waals surface area contributed by atoms with Crippen molar-refractivity contribution in [3.63, 3.8) is 0 Å². The van der Waals surface area contributed by atoms with Crippen LogP contribution in [0.4, 0.5) is 0 Å². The number of nitrogens with one attached hydrogen (secondary N) is 1. The average Bonchev–Trinajstić information content (AvgIpc) is 3.01. The van der Waals surface area contributed by atoms with Crippen molar-refractivity contribution in [3.05, 3.63) is 81.5 Å². The number of rotatable bonds is 6. The zero-order valence-corrected chi connectivity index (χ0v) is 14.7. The highest BCUT2D eigenvalue weighted by Gasteiger charge is 2.11. The van der Waals surface area contributed by atoms with E-state index >= 15 is 0 Å². The van der Waals surface area contributed by atoms with Crippen molar-refractivity contribution in [2.45, 2.75) is 19.4 Å². The zero-order chi connectivity index (χ0) is 16.1. The maximum atomic E-state index is 5.98. The van der Waals surface area contributed by atoms with Crippen LogP contribution in [0.25, 0.3) is 11.1 Å². The first-order valence-corrected chi connectivity index (χ1v) is 9.03. The number of halogens is 1. The second-order valence-corrected chi connectivity index (χ2v) is 7.49. The van der Waals surface area contributed by atoms with Crippen molar-refractivity contribution in [2.75, 3.05) is 6.54 Å². The molecular formula is C20H20ClNS. The van der Waals surface area contributed by atoms with E-state index < -0.39 is 0 Å². The molecule has 3 aromatic rings. The molecule has 1 N–H and O–H groups in total. The van der Waals surface area contributed by atoms with Crippen LogP contribution >= 0.6 is 22.9 Å². The molecule has 3 heteroatoms. The molecule has 1 aromatic heterocycles. The maximum absolute atomic E-state index is 5.98. The van der Waals surface area contributed by atoms with Gasteiger partial charge in [-0.25, -0.2) is 0 Å². The number of thiophene rings is 1. The third-order valence-electron chi connectivity index (χ3n) is 3.96. The van der Waals surface area contributed by atoms with Crippen LogP contribution in [0.5, 0.6) is 0 Å². The first-order chi connectivity index (χ1) is 11.2. The summed E-state index contributed by atoms with van der Waals surface area (Å²) in [6.07, 6.45) is 0. The van der Waals surface area contributed by atoms with Crippen LogP contribution in [0.15, 0.2) is 66.7 Å². The summed E-state index contributed by atoms with van der Waals surface area (Å²) in [7, 11) is 0. The Morgan fingerprint density at radius 2 is 1.70 bits per heavy atom. The second-order valence-electron chi connectivity index (χ2n) is 5.69. The van der Waals surface area contributed by atoms with Crippen molar-refractivity contribution in [2.24, 2.45) is 0 Å². The van der Waals surface area contributed by atoms with Crippen LogP contribution in [-0.4, -0.2) is 6.54 Å². The molecule has 1 nitrogen and oxygen atoms in total. The molecule has 0 amide bonds. The third kappa shape index (κ3) is 4.23. The Morgan fingerprint density at radius 1 is 0.957 bits per heavy atom. The molecule has 0 aliphatic heterocycles. The Hall–Kier alpha value is -1.61. The molecule has 2 aromatic carbocycles. The molecule has 0 saturated carbocycles. The Bertz CT molecular complexity index is 751. The molecule has 3 rings (SSSR count). The minimum Gasteiger partial charge on any atom is -0.311 e. The summed E-state index contributed by atoms with van der Waals surface area (Å²) in [5, 5.41) is 3.54. The van der Waals surface area contributed by atoms with Gasteiger partial charge in [0.2, 0.25) is 0 Å². The van der Waals surface area contributed by atoms with Crippen LogP contribution in [0.2, 0.25) is 4.34 Å². The molecule has 0 aliphatic carbocycles. The Labute approximate surface area is 146 Å². The third-order valence-corrected chi connectivity index (χ3v) is 5.19. The highest BCUT2D eigenvalue weighted by molar-refractivity contribution is 7.16. The second kappa shape index (κ2) is 7.78. The lowest BCUT2D eigenvalue weighted by atomic mass is 9.91. The summed E-state index contributed by atoms with van der Waals surface area (Å²) in [6.45, 7) is 4.09. The summed E-state index contributed by atoms with van der Waals surface area (Å²) in [6, 6.07) is 23.3. The van der Waals surface area contributed by atoms with Crippen LogP contribution in [0.3, 0.4) is 0 Å². The van der Waals surface area contributed by atoms with Gasteiger partial charge in [0.05, 0.1) is 4.34 Å². The first-order valence-electron chi connectivity index (χ1n) is 7.83. The van der Waals surface area contributed by atoms with Crippen LogP contribution in [-0.2, 0) is 6.54 Å². The fourth-order valence-electron chi connectivity index (χ4n) is 2.78. The van der Waals surface area contributed by atoms with E-state index in [9.17, 15) is 0 Å². The number of benzene rings is 2. The van der Waals surface area contributed by atoms with Crippen LogP contribution < -0.4 is 5.32 Å². The topological polar surface area (TPSA) is 12.0 Å². The lowest BCUT2D eigenvalue weighted by molar-refractivity contribution is 0.620. The molecule has 118 valence electrons. The highest BCUT2D eigenvalue weighted by atomic mass is 35.5. The molecule has 23 heavy (non-hydrogen) atoms. The maximum Gasteiger partial charge on any atom is 0.0931 e. The van der Waals surface area contributed by atoms with E-state index in [0.29, 0.717) is 5.92 Å². The van der Waals surface area contributed by atoms with E-state index in [1.54, 1.807) is 11.3 Å². The molecule has 1 atom stereocenters. The van der Waals surface area contributed by atoms with Crippen LogP contribution in [0, 0.1) is 0 Å². The van der Waals surface area contributed by atoms with Gasteiger partial charge in [-0.05, 0) is 34.7 Å². The van der Waals surface area contributed by atoms with E-state index in [-0.39, 0.29) is 0 Å². The largest absolute Gasteiger partial charge is 0.311 e. The molecule has 1 unspecified atom stereocenters. The molecule has 0 saturated heterocycles. The monoisotopic (exact) mass is 341 g/mol. The molecule has 0 radical (unpaired) electrons. The number of hydrogen-bond donors (Lipinski definition) is 1. The summed E-state index contributed by atoms with van der Waals surface area (Å²) >= 11 is 7.62. The predicted molar refractivity (Wildman–Crippen MR) is 101 cm³/mol. The van der Waals surface area contributed by atoms with Gasteiger partial charge in [0.15, 0.2) is 0 Å². The zero-order valence-electron chi connectivity index (χ0n) is 13.1. The Morgan fingerprint density at radius 3 is 2.43 bits per heavy atom. The van der Waals surface area contributed by atoms with E-state index in [2.05, 4.69) is 72.9 Å². The molecular weight excluding hydrogens is 322 g/mol. The lowest BCUT2D eigenvalue weighted by Gasteiger charge is -2.17. The summed E-state index contributed by atoms with van der Waals surface area (Å²) in [5.74, 6) is 0.446. The lowest BCUT2D eigenvalue weighted by Crippen LogP contribution is -2.19. The fourth-order valence-corrected chi connectivity index (χ4v) is 3.83. The van der Waals surface area contributed by atoms with Crippen molar-refractivity contribution < 1.29 is 0 Å². The van der Waals surface area contributed by atoms with Gasteiger partial charge in [0.1, 0.15) is 0 Å². The van der Waals surface area contributed by atoms with Crippen molar-refractivity contribution in [1.29, 1.82) is 0 Å². The molecule has 0 bridgehead atoms. The fraction of sp³-hybridized carbons (Fsp3) is 0.200. The first kappa shape index (κ1) is 16.3. The van der Waals surface area contributed by atoms with Crippen LogP contribution in [0.1, 0.15) is 23.3 Å². The van der Waals surface area contributed by atoms with Gasteiger partial charge in [-0.15, -0.1) is 11.3 Å². The molecule has 1 heterocycles. The van der Waals surface area contributed by atoms with E-state index in [0.717, 1.165) is 17.4 Å². The van der Waals surface area contributed by atoms with E-state index in [1.165, 1.54) is 21.6 Å². The van der Waals surface area contributed by atoms with Crippen molar-refractivity contribution in [1.82, 2.24) is 5.32 Å². The van der Waals surface area contributed by atoms with Gasteiger partial charge in [0.25, 0.3) is 0 Å². The minimum atomic E-state index is 0.446. The Balaban J connectivity index is 1.69. The van der Waals surface area contributed by atoms with Gasteiger partial charge < -0.3 is 5.32 Å². The predicted octanol–water partition coefficient (Wildman–Crippen LogP) is 5.96. The van der Waals surface area contributed by atoms with Gasteiger partial charge >= 0.3 is 0 Å². The average molecular weight is 342 g/mol. The van der Waals surface area contributed by atoms with Crippen molar-refractivity contribution in [3.8, 4) is 11.1 Å². The summed E-state index contributed by atoms with van der Waals surface area (Å²) in [4.78, 5) is 1.28. The number of hydrogen-bond acceptors (Lipinski definition) is 2. The summed E-state index contributed by atoms with van der Waals surface area (Å²) in [5.41, 5.74) is 3.98. The molecule has 0 aliphatic rings.